The highest BCUT2D eigenvalue weighted by Crippen LogP contribution is 2.44. The van der Waals surface area contributed by atoms with Crippen LogP contribution in [-0.4, -0.2) is 23.3 Å². The molecule has 0 saturated carbocycles. The normalized spacial score (nSPS) is 18.0. The van der Waals surface area contributed by atoms with E-state index in [1.807, 2.05) is 19.1 Å². The average Bonchev–Trinajstić information content (AvgIpc) is 2.60. The molecule has 142 valence electrons. The maximum absolute atomic E-state index is 11.1. The fourth-order valence-corrected chi connectivity index (χ4v) is 3.85. The third-order valence-corrected chi connectivity index (χ3v) is 5.73. The summed E-state index contributed by atoms with van der Waals surface area (Å²) in [7, 11) is 0. The smallest absolute Gasteiger partial charge is 0.211 e. The number of thioether (sulfide) groups is 1. The monoisotopic (exact) mass is 376 g/mol. The van der Waals surface area contributed by atoms with E-state index in [9.17, 15) is 9.90 Å². The van der Waals surface area contributed by atoms with Gasteiger partial charge in [-0.15, -0.1) is 0 Å². The summed E-state index contributed by atoms with van der Waals surface area (Å²) in [6, 6.07) is 6.10. The van der Waals surface area contributed by atoms with Gasteiger partial charge in [0.2, 0.25) is 6.41 Å². The molecule has 1 aromatic carbocycles. The molecule has 0 aliphatic heterocycles. The van der Waals surface area contributed by atoms with Gasteiger partial charge in [0.05, 0.1) is 11.1 Å². The predicted octanol–water partition coefficient (Wildman–Crippen LogP) is 3.53. The summed E-state index contributed by atoms with van der Waals surface area (Å²) in [6.07, 6.45) is 5.64. The van der Waals surface area contributed by atoms with Gasteiger partial charge in [-0.3, -0.25) is 4.79 Å². The van der Waals surface area contributed by atoms with Crippen LogP contribution in [0.2, 0.25) is 0 Å². The number of carbonyl (C=O) groups excluding carboxylic acids is 1. The first-order valence-electron chi connectivity index (χ1n) is 8.87. The summed E-state index contributed by atoms with van der Waals surface area (Å²) in [4.78, 5) is 12.1. The fourth-order valence-electron chi connectivity index (χ4n) is 2.62. The number of rotatable bonds is 8. The minimum absolute atomic E-state index is 0.115. The van der Waals surface area contributed by atoms with Crippen LogP contribution in [0, 0.1) is 0 Å². The highest BCUT2D eigenvalue weighted by molar-refractivity contribution is 8.11. The van der Waals surface area contributed by atoms with E-state index < -0.39 is 5.72 Å². The molecule has 5 nitrogen and oxygen atoms in total. The molecule has 6 heteroatoms. The lowest BCUT2D eigenvalue weighted by Gasteiger charge is -2.26. The molecule has 1 aromatic rings. The van der Waals surface area contributed by atoms with Crippen LogP contribution >= 0.6 is 11.8 Å². The van der Waals surface area contributed by atoms with Crippen molar-refractivity contribution in [2.24, 2.45) is 5.73 Å². The van der Waals surface area contributed by atoms with Gasteiger partial charge in [0.15, 0.2) is 0 Å². The van der Waals surface area contributed by atoms with E-state index in [0.717, 1.165) is 35.5 Å². The summed E-state index contributed by atoms with van der Waals surface area (Å²) < 4.78 is 6.13. The number of nitrogens with one attached hydrogen (secondary N) is 1. The Kier molecular flexibility index (Phi) is 6.92. The molecule has 1 amide bonds. The first-order valence-corrected chi connectivity index (χ1v) is 9.69. The third-order valence-electron chi connectivity index (χ3n) is 4.51. The second kappa shape index (κ2) is 8.75. The van der Waals surface area contributed by atoms with Crippen LogP contribution in [0.1, 0.15) is 51.7 Å². The molecule has 0 aromatic heterocycles. The Morgan fingerprint density at radius 3 is 2.88 bits per heavy atom. The Balaban J connectivity index is 2.44. The first kappa shape index (κ1) is 20.6. The van der Waals surface area contributed by atoms with Crippen molar-refractivity contribution in [1.29, 1.82) is 0 Å². The van der Waals surface area contributed by atoms with Gasteiger partial charge in [-0.25, -0.2) is 0 Å². The Morgan fingerprint density at radius 1 is 1.54 bits per heavy atom. The van der Waals surface area contributed by atoms with Crippen LogP contribution in [0.15, 0.2) is 34.9 Å². The molecule has 0 fully saturated rings. The van der Waals surface area contributed by atoms with E-state index in [-0.39, 0.29) is 6.10 Å². The number of hydrogen-bond acceptors (Lipinski definition) is 5. The number of hydrogen-bond donors (Lipinski definition) is 3. The molecule has 1 aliphatic carbocycles. The number of aryl methyl sites for hydroxylation is 1. The maximum Gasteiger partial charge on any atom is 0.211 e. The average molecular weight is 377 g/mol. The summed E-state index contributed by atoms with van der Waals surface area (Å²) in [5, 5.41) is 13.3. The van der Waals surface area contributed by atoms with Crippen LogP contribution in [0.3, 0.4) is 0 Å². The zero-order valence-corrected chi connectivity index (χ0v) is 16.7. The molecule has 0 saturated heterocycles. The Bertz CT molecular complexity index is 720. The zero-order chi connectivity index (χ0) is 19.3. The molecular weight excluding hydrogens is 348 g/mol. The summed E-state index contributed by atoms with van der Waals surface area (Å²) in [6.45, 7) is 7.35. The maximum atomic E-state index is 11.1. The highest BCUT2D eigenvalue weighted by Gasteiger charge is 2.24. The minimum atomic E-state index is -1.51. The number of fused-ring (bicyclic) bond motifs is 1. The van der Waals surface area contributed by atoms with Crippen molar-refractivity contribution in [1.82, 2.24) is 5.32 Å². The standard InChI is InChI=1S/C20H28N2O3S/c1-5-13(2)25-16-10-6-8-15-9-7-11-17(18(15)16)26-19(22-12-23)14(3)20(4,21)24/h6,8,10-13,24H,5,7,9,21H2,1-4H3,(H,22,23)/b19-14+. The van der Waals surface area contributed by atoms with Crippen LogP contribution in [0.4, 0.5) is 0 Å². The second-order valence-electron chi connectivity index (χ2n) is 6.70. The van der Waals surface area contributed by atoms with Crippen molar-refractivity contribution in [2.45, 2.75) is 58.8 Å². The van der Waals surface area contributed by atoms with Crippen molar-refractivity contribution in [2.75, 3.05) is 0 Å². The van der Waals surface area contributed by atoms with Gasteiger partial charge < -0.3 is 20.9 Å². The van der Waals surface area contributed by atoms with Gasteiger partial charge in [0.25, 0.3) is 0 Å². The quantitative estimate of drug-likeness (QED) is 0.477. The molecule has 0 radical (unpaired) electrons. The van der Waals surface area contributed by atoms with E-state index in [2.05, 4.69) is 24.4 Å². The van der Waals surface area contributed by atoms with Crippen molar-refractivity contribution in [3.63, 3.8) is 0 Å². The number of benzene rings is 1. The molecule has 1 aliphatic rings. The van der Waals surface area contributed by atoms with Gasteiger partial charge in [-0.2, -0.15) is 0 Å². The van der Waals surface area contributed by atoms with Gasteiger partial charge in [-0.05, 0) is 51.7 Å². The Hall–Kier alpha value is -1.76. The van der Waals surface area contributed by atoms with Crippen LogP contribution in [0.5, 0.6) is 5.75 Å². The molecule has 0 bridgehead atoms. The summed E-state index contributed by atoms with van der Waals surface area (Å²) >= 11 is 1.40. The molecule has 2 atom stereocenters. The number of carbonyl (C=O) groups is 1. The second-order valence-corrected chi connectivity index (χ2v) is 7.75. The van der Waals surface area contributed by atoms with E-state index in [4.69, 9.17) is 10.5 Å². The topological polar surface area (TPSA) is 84.6 Å². The summed E-state index contributed by atoms with van der Waals surface area (Å²) in [5.74, 6) is 0.845. The minimum Gasteiger partial charge on any atom is -0.490 e. The predicted molar refractivity (Wildman–Crippen MR) is 107 cm³/mol. The van der Waals surface area contributed by atoms with E-state index in [1.165, 1.54) is 24.2 Å². The van der Waals surface area contributed by atoms with Crippen molar-refractivity contribution < 1.29 is 14.6 Å². The van der Waals surface area contributed by atoms with E-state index >= 15 is 0 Å². The Labute approximate surface area is 159 Å². The molecule has 2 rings (SSSR count). The molecule has 0 spiro atoms. The molecule has 0 heterocycles. The molecule has 2 unspecified atom stereocenters. The lowest BCUT2D eigenvalue weighted by Crippen LogP contribution is -2.38. The lowest BCUT2D eigenvalue weighted by atomic mass is 9.96. The Morgan fingerprint density at radius 2 is 2.27 bits per heavy atom. The van der Waals surface area contributed by atoms with Gasteiger partial charge in [0, 0.05) is 16.0 Å². The largest absolute Gasteiger partial charge is 0.490 e. The SMILES string of the molecule is CCC(C)Oc1cccc2c1C(S/C(NC=O)=C(\C)C(C)(N)O)=CCC2. The first-order chi connectivity index (χ1) is 12.3. The molecule has 26 heavy (non-hydrogen) atoms. The number of nitrogens with two attached hydrogens (primary N) is 1. The van der Waals surface area contributed by atoms with E-state index in [0.29, 0.717) is 17.0 Å². The van der Waals surface area contributed by atoms with Crippen LogP contribution in [-0.2, 0) is 11.2 Å². The molecule has 4 N–H and O–H groups in total. The highest BCUT2D eigenvalue weighted by atomic mass is 32.2. The van der Waals surface area contributed by atoms with Crippen LogP contribution in [0.25, 0.3) is 4.91 Å². The third kappa shape index (κ3) is 4.90. The number of allylic oxidation sites excluding steroid dienone is 1. The van der Waals surface area contributed by atoms with Crippen molar-refractivity contribution >= 4 is 23.1 Å². The number of aliphatic hydroxyl groups is 1. The van der Waals surface area contributed by atoms with Crippen molar-refractivity contribution in [3.05, 3.63) is 46.0 Å². The van der Waals surface area contributed by atoms with Gasteiger partial charge in [0.1, 0.15) is 11.5 Å². The number of amides is 1. The van der Waals surface area contributed by atoms with E-state index in [1.54, 1.807) is 6.92 Å². The lowest BCUT2D eigenvalue weighted by molar-refractivity contribution is -0.108. The fraction of sp³-hybridized carbons (Fsp3) is 0.450. The van der Waals surface area contributed by atoms with Gasteiger partial charge in [-0.1, -0.05) is 36.9 Å². The van der Waals surface area contributed by atoms with Gasteiger partial charge >= 0.3 is 0 Å². The van der Waals surface area contributed by atoms with Crippen molar-refractivity contribution in [3.8, 4) is 5.75 Å². The zero-order valence-electron chi connectivity index (χ0n) is 15.8. The number of ether oxygens (including phenoxy) is 1. The van der Waals surface area contributed by atoms with Crippen LogP contribution < -0.4 is 15.8 Å². The summed E-state index contributed by atoms with van der Waals surface area (Å²) in [5.41, 5.74) is 7.08. The molecular formula is C20H28N2O3S.